The number of hydrogen-bond acceptors (Lipinski definition) is 1. The number of nitrogens with zero attached hydrogens (tertiary/aromatic N) is 1. The predicted octanol–water partition coefficient (Wildman–Crippen LogP) is 3.17. The molecule has 0 bridgehead atoms. The van der Waals surface area contributed by atoms with Crippen molar-refractivity contribution >= 4 is 22.1 Å². The van der Waals surface area contributed by atoms with Crippen LogP contribution in [0.2, 0.25) is 0 Å². The summed E-state index contributed by atoms with van der Waals surface area (Å²) in [5.41, 5.74) is 4.04. The van der Waals surface area contributed by atoms with Crippen LogP contribution >= 0.6 is 0 Å². The van der Waals surface area contributed by atoms with Gasteiger partial charge in [0.1, 0.15) is 0 Å². The average molecular weight is 209 g/mol. The van der Waals surface area contributed by atoms with Gasteiger partial charge < -0.3 is 9.97 Å². The van der Waals surface area contributed by atoms with Gasteiger partial charge in [0.2, 0.25) is 0 Å². The average Bonchev–Trinajstić information content (AvgIpc) is 2.29. The third-order valence-electron chi connectivity index (χ3n) is 2.52. The van der Waals surface area contributed by atoms with Crippen LogP contribution in [0.3, 0.4) is 0 Å². The standard InChI is InChI=1S/C13H11N3/c1-3-7-12-10(5-1)14-9-15-11-6-2-4-8-13(11)16-12/h1-9,16H,(H,14,15). The Morgan fingerprint density at radius 1 is 0.750 bits per heavy atom. The first-order valence-electron chi connectivity index (χ1n) is 5.18. The van der Waals surface area contributed by atoms with Crippen molar-refractivity contribution < 1.29 is 0 Å². The molecule has 0 atom stereocenters. The zero-order valence-electron chi connectivity index (χ0n) is 8.64. The Morgan fingerprint density at radius 2 is 1.44 bits per heavy atom. The Morgan fingerprint density at radius 3 is 2.31 bits per heavy atom. The summed E-state index contributed by atoms with van der Waals surface area (Å²) in [6.07, 6.45) is 1.72. The molecule has 2 N–H and O–H groups in total. The summed E-state index contributed by atoms with van der Waals surface area (Å²) in [7, 11) is 0. The molecule has 0 aliphatic heterocycles. The number of rotatable bonds is 0. The van der Waals surface area contributed by atoms with E-state index in [1.807, 2.05) is 48.5 Å². The van der Waals surface area contributed by atoms with Crippen molar-refractivity contribution in [3.63, 3.8) is 0 Å². The molecule has 3 rings (SSSR count). The maximum Gasteiger partial charge on any atom is 0.0931 e. The summed E-state index contributed by atoms with van der Waals surface area (Å²) in [4.78, 5) is 10.9. The minimum absolute atomic E-state index is 0.935. The number of aromatic nitrogens is 3. The number of nitrogens with one attached hydrogen (secondary N) is 2. The van der Waals surface area contributed by atoms with E-state index in [4.69, 9.17) is 0 Å². The lowest BCUT2D eigenvalue weighted by atomic mass is 10.3. The van der Waals surface area contributed by atoms with Gasteiger partial charge in [-0.25, -0.2) is 4.98 Å². The molecule has 0 radical (unpaired) electrons. The predicted molar refractivity (Wildman–Crippen MR) is 65.6 cm³/mol. The fraction of sp³-hybridized carbons (Fsp3) is 0. The summed E-state index contributed by atoms with van der Waals surface area (Å²) in [5.74, 6) is 0. The molecule has 2 aromatic carbocycles. The van der Waals surface area contributed by atoms with Gasteiger partial charge in [0.15, 0.2) is 0 Å². The van der Waals surface area contributed by atoms with Crippen molar-refractivity contribution in [3.8, 4) is 0 Å². The molecule has 0 fully saturated rings. The first-order valence-corrected chi connectivity index (χ1v) is 5.18. The highest BCUT2D eigenvalue weighted by molar-refractivity contribution is 5.80. The highest BCUT2D eigenvalue weighted by Gasteiger charge is 1.91. The molecule has 3 heteroatoms. The molecule has 0 amide bonds. The molecule has 3 aromatic rings. The molecule has 1 heterocycles. The molecule has 78 valence electrons. The lowest BCUT2D eigenvalue weighted by Gasteiger charge is -1.98. The number of fused-ring (bicyclic) bond motifs is 2. The third-order valence-corrected chi connectivity index (χ3v) is 2.52. The van der Waals surface area contributed by atoms with Gasteiger partial charge in [0.05, 0.1) is 28.4 Å². The van der Waals surface area contributed by atoms with E-state index in [2.05, 4.69) is 15.0 Å². The quantitative estimate of drug-likeness (QED) is 0.586. The summed E-state index contributed by atoms with van der Waals surface area (Å²) in [5, 5.41) is 0. The maximum absolute atomic E-state index is 4.35. The van der Waals surface area contributed by atoms with Crippen molar-refractivity contribution in [3.05, 3.63) is 54.9 Å². The van der Waals surface area contributed by atoms with Crippen LogP contribution in [0.5, 0.6) is 0 Å². The lowest BCUT2D eigenvalue weighted by Crippen LogP contribution is -1.83. The van der Waals surface area contributed by atoms with E-state index >= 15 is 0 Å². The molecule has 0 aliphatic rings. The second-order valence-electron chi connectivity index (χ2n) is 3.59. The molecular weight excluding hydrogens is 198 g/mol. The van der Waals surface area contributed by atoms with Gasteiger partial charge in [-0.15, -0.1) is 0 Å². The molecule has 3 nitrogen and oxygen atoms in total. The highest BCUT2D eigenvalue weighted by Crippen LogP contribution is 2.10. The van der Waals surface area contributed by atoms with Gasteiger partial charge >= 0.3 is 0 Å². The molecule has 16 heavy (non-hydrogen) atoms. The Kier molecular flexibility index (Phi) is 2.07. The Hall–Kier alpha value is -2.29. The number of para-hydroxylation sites is 4. The molecule has 0 saturated carbocycles. The molecule has 0 saturated heterocycles. The molecule has 0 unspecified atom stereocenters. The SMILES string of the molecule is c1ccc2[nH]c3ccccc3[nH]cnc2c1. The smallest absolute Gasteiger partial charge is 0.0931 e. The minimum Gasteiger partial charge on any atom is -0.352 e. The number of hydrogen-bond donors (Lipinski definition) is 2. The van der Waals surface area contributed by atoms with E-state index < -0.39 is 0 Å². The van der Waals surface area contributed by atoms with E-state index in [1.54, 1.807) is 6.33 Å². The van der Waals surface area contributed by atoms with E-state index in [-0.39, 0.29) is 0 Å². The van der Waals surface area contributed by atoms with E-state index in [0.717, 1.165) is 22.1 Å². The van der Waals surface area contributed by atoms with Crippen molar-refractivity contribution in [1.82, 2.24) is 15.0 Å². The van der Waals surface area contributed by atoms with Gasteiger partial charge in [-0.2, -0.15) is 0 Å². The largest absolute Gasteiger partial charge is 0.352 e. The summed E-state index contributed by atoms with van der Waals surface area (Å²) in [6.45, 7) is 0. The van der Waals surface area contributed by atoms with Gasteiger partial charge in [-0.1, -0.05) is 24.3 Å². The Labute approximate surface area is 92.5 Å². The second kappa shape index (κ2) is 3.70. The Balaban J connectivity index is 2.51. The normalized spacial score (nSPS) is 10.5. The van der Waals surface area contributed by atoms with E-state index in [0.29, 0.717) is 0 Å². The van der Waals surface area contributed by atoms with Crippen LogP contribution in [-0.4, -0.2) is 15.0 Å². The summed E-state index contributed by atoms with van der Waals surface area (Å²) < 4.78 is 0. The Bertz CT molecular complexity index is 621. The minimum atomic E-state index is 0.935. The van der Waals surface area contributed by atoms with Crippen LogP contribution in [0.15, 0.2) is 54.9 Å². The molecule has 1 aromatic heterocycles. The topological polar surface area (TPSA) is 44.5 Å². The molecule has 0 spiro atoms. The van der Waals surface area contributed by atoms with Crippen LogP contribution in [0, 0.1) is 0 Å². The van der Waals surface area contributed by atoms with Gasteiger partial charge in [0.25, 0.3) is 0 Å². The first kappa shape index (κ1) is 8.97. The zero-order valence-corrected chi connectivity index (χ0v) is 8.64. The molecular formula is C13H11N3. The fourth-order valence-electron chi connectivity index (χ4n) is 1.73. The maximum atomic E-state index is 4.35. The number of H-pyrrole nitrogens is 2. The van der Waals surface area contributed by atoms with Crippen LogP contribution in [0.4, 0.5) is 0 Å². The van der Waals surface area contributed by atoms with Crippen LogP contribution < -0.4 is 0 Å². The zero-order chi connectivity index (χ0) is 10.8. The van der Waals surface area contributed by atoms with Crippen LogP contribution in [-0.2, 0) is 0 Å². The summed E-state index contributed by atoms with van der Waals surface area (Å²) >= 11 is 0. The van der Waals surface area contributed by atoms with Gasteiger partial charge in [-0.3, -0.25) is 0 Å². The second-order valence-corrected chi connectivity index (χ2v) is 3.59. The van der Waals surface area contributed by atoms with Crippen molar-refractivity contribution in [2.45, 2.75) is 0 Å². The van der Waals surface area contributed by atoms with Crippen molar-refractivity contribution in [2.24, 2.45) is 0 Å². The third kappa shape index (κ3) is 1.52. The monoisotopic (exact) mass is 209 g/mol. The lowest BCUT2D eigenvalue weighted by molar-refractivity contribution is 1.26. The van der Waals surface area contributed by atoms with Gasteiger partial charge in [-0.05, 0) is 24.3 Å². The highest BCUT2D eigenvalue weighted by atomic mass is 14.8. The fourth-order valence-corrected chi connectivity index (χ4v) is 1.73. The number of aromatic amines is 2. The van der Waals surface area contributed by atoms with Crippen LogP contribution in [0.25, 0.3) is 22.1 Å². The number of benzene rings is 2. The summed E-state index contributed by atoms with van der Waals surface area (Å²) in [6, 6.07) is 16.0. The van der Waals surface area contributed by atoms with Crippen LogP contribution in [0.1, 0.15) is 0 Å². The van der Waals surface area contributed by atoms with E-state index in [1.165, 1.54) is 0 Å². The van der Waals surface area contributed by atoms with Gasteiger partial charge in [0, 0.05) is 0 Å². The molecule has 0 aliphatic carbocycles. The van der Waals surface area contributed by atoms with Crippen molar-refractivity contribution in [1.29, 1.82) is 0 Å². The first-order chi connectivity index (χ1) is 7.93. The van der Waals surface area contributed by atoms with Crippen molar-refractivity contribution in [2.75, 3.05) is 0 Å². The van der Waals surface area contributed by atoms with E-state index in [9.17, 15) is 0 Å².